The molecule has 200 valence electrons. The Bertz CT molecular complexity index is 1220. The molecule has 0 bridgehead atoms. The Hall–Kier alpha value is -3.30. The molecule has 1 aromatic heterocycles. The lowest BCUT2D eigenvalue weighted by Crippen LogP contribution is -2.45. The molecule has 0 saturated carbocycles. The maximum Gasteiger partial charge on any atom is 0.234 e. The smallest absolute Gasteiger partial charge is 0.234 e. The minimum atomic E-state index is -0.241. The van der Waals surface area contributed by atoms with Crippen molar-refractivity contribution in [3.63, 3.8) is 0 Å². The number of halogens is 1. The maximum absolute atomic E-state index is 13.6. The molecule has 0 radical (unpaired) electrons. The van der Waals surface area contributed by atoms with Gasteiger partial charge in [-0.05, 0) is 81.1 Å². The average Bonchev–Trinajstić information content (AvgIpc) is 2.93. The van der Waals surface area contributed by atoms with Crippen molar-refractivity contribution in [2.75, 3.05) is 36.5 Å². The van der Waals surface area contributed by atoms with Crippen LogP contribution in [0.5, 0.6) is 11.6 Å². The Morgan fingerprint density at radius 2 is 1.87 bits per heavy atom. The van der Waals surface area contributed by atoms with Crippen LogP contribution < -0.4 is 20.3 Å². The number of piperidine rings is 1. The van der Waals surface area contributed by atoms with E-state index in [9.17, 15) is 4.39 Å². The van der Waals surface area contributed by atoms with E-state index in [1.807, 2.05) is 48.5 Å². The molecular formula is C29H34FN5O2S. The fraction of sp³-hybridized carbons (Fsp3) is 0.414. The van der Waals surface area contributed by atoms with E-state index in [-0.39, 0.29) is 11.2 Å². The standard InChI is InChI=1S/C29H34FN5O2S/c1-21-7-5-6-16-35(21)25-19-26(37-24-8-3-2-4-9-24)33-27(32-25)34-28(38)31-20-29(14-17-36-18-15-29)22-10-12-23(30)13-11-22/h2-4,8-13,19,21H,5-7,14-18,20H2,1H3,(H2,31,32,33,34,38). The van der Waals surface area contributed by atoms with Crippen LogP contribution >= 0.6 is 12.2 Å². The molecule has 5 rings (SSSR count). The largest absolute Gasteiger partial charge is 0.439 e. The first-order valence-electron chi connectivity index (χ1n) is 13.3. The Balaban J connectivity index is 1.33. The van der Waals surface area contributed by atoms with Crippen LogP contribution in [0.2, 0.25) is 0 Å². The molecule has 38 heavy (non-hydrogen) atoms. The lowest BCUT2D eigenvalue weighted by molar-refractivity contribution is 0.0515. The summed E-state index contributed by atoms with van der Waals surface area (Å²) >= 11 is 5.67. The molecule has 0 aliphatic carbocycles. The summed E-state index contributed by atoms with van der Waals surface area (Å²) in [6.07, 6.45) is 5.11. The Kier molecular flexibility index (Phi) is 8.34. The first-order chi connectivity index (χ1) is 18.5. The lowest BCUT2D eigenvalue weighted by atomic mass is 9.74. The molecule has 2 aromatic carbocycles. The quantitative estimate of drug-likeness (QED) is 0.367. The van der Waals surface area contributed by atoms with Crippen LogP contribution in [-0.4, -0.2) is 47.4 Å². The summed E-state index contributed by atoms with van der Waals surface area (Å²) in [6, 6.07) is 18.6. The average molecular weight is 536 g/mol. The van der Waals surface area contributed by atoms with Gasteiger partial charge < -0.3 is 25.0 Å². The van der Waals surface area contributed by atoms with Crippen molar-refractivity contribution >= 4 is 29.1 Å². The zero-order valence-corrected chi connectivity index (χ0v) is 22.5. The zero-order valence-electron chi connectivity index (χ0n) is 21.7. The van der Waals surface area contributed by atoms with E-state index in [0.717, 1.165) is 43.6 Å². The van der Waals surface area contributed by atoms with E-state index in [0.29, 0.717) is 48.5 Å². The van der Waals surface area contributed by atoms with Crippen molar-refractivity contribution < 1.29 is 13.9 Å². The summed E-state index contributed by atoms with van der Waals surface area (Å²) in [5.41, 5.74) is 0.874. The van der Waals surface area contributed by atoms with Crippen molar-refractivity contribution in [3.05, 3.63) is 72.0 Å². The number of hydrogen-bond donors (Lipinski definition) is 2. The molecule has 2 aliphatic rings. The zero-order chi connectivity index (χ0) is 26.4. The number of nitrogens with one attached hydrogen (secondary N) is 2. The van der Waals surface area contributed by atoms with E-state index in [1.54, 1.807) is 0 Å². The number of hydrogen-bond acceptors (Lipinski definition) is 6. The molecular weight excluding hydrogens is 501 g/mol. The number of ether oxygens (including phenoxy) is 2. The first kappa shape index (κ1) is 26.3. The maximum atomic E-state index is 13.6. The molecule has 0 spiro atoms. The fourth-order valence-electron chi connectivity index (χ4n) is 5.24. The lowest BCUT2D eigenvalue weighted by Gasteiger charge is -2.38. The van der Waals surface area contributed by atoms with E-state index < -0.39 is 0 Å². The van der Waals surface area contributed by atoms with Gasteiger partial charge in [0.25, 0.3) is 0 Å². The van der Waals surface area contributed by atoms with Gasteiger partial charge in [0.1, 0.15) is 17.4 Å². The monoisotopic (exact) mass is 535 g/mol. The summed E-state index contributed by atoms with van der Waals surface area (Å²) in [5, 5.41) is 6.97. The Morgan fingerprint density at radius 1 is 1.11 bits per heavy atom. The van der Waals surface area contributed by atoms with Gasteiger partial charge in [0, 0.05) is 43.8 Å². The van der Waals surface area contributed by atoms with Crippen LogP contribution in [0.4, 0.5) is 16.2 Å². The summed E-state index contributed by atoms with van der Waals surface area (Å²) in [5.74, 6) is 2.12. The normalized spacial score (nSPS) is 19.0. The number of benzene rings is 2. The molecule has 0 amide bonds. The highest BCUT2D eigenvalue weighted by atomic mass is 32.1. The van der Waals surface area contributed by atoms with Crippen molar-refractivity contribution in [2.24, 2.45) is 0 Å². The molecule has 2 saturated heterocycles. The van der Waals surface area contributed by atoms with Crippen LogP contribution in [0.3, 0.4) is 0 Å². The predicted molar refractivity (Wildman–Crippen MR) is 152 cm³/mol. The van der Waals surface area contributed by atoms with Gasteiger partial charge in [-0.1, -0.05) is 30.3 Å². The fourth-order valence-corrected chi connectivity index (χ4v) is 5.41. The van der Waals surface area contributed by atoms with Crippen LogP contribution in [0.15, 0.2) is 60.7 Å². The number of anilines is 2. The molecule has 1 unspecified atom stereocenters. The van der Waals surface area contributed by atoms with Crippen LogP contribution in [-0.2, 0) is 10.2 Å². The summed E-state index contributed by atoms with van der Waals surface area (Å²) < 4.78 is 25.3. The van der Waals surface area contributed by atoms with Crippen molar-refractivity contribution in [1.29, 1.82) is 0 Å². The van der Waals surface area contributed by atoms with E-state index >= 15 is 0 Å². The summed E-state index contributed by atoms with van der Waals surface area (Å²) in [6.45, 7) is 5.05. The van der Waals surface area contributed by atoms with Gasteiger partial charge >= 0.3 is 0 Å². The van der Waals surface area contributed by atoms with Crippen molar-refractivity contribution in [1.82, 2.24) is 15.3 Å². The molecule has 3 heterocycles. The van der Waals surface area contributed by atoms with Gasteiger partial charge in [-0.2, -0.15) is 9.97 Å². The predicted octanol–water partition coefficient (Wildman–Crippen LogP) is 5.82. The number of nitrogens with zero attached hydrogens (tertiary/aromatic N) is 3. The summed E-state index contributed by atoms with van der Waals surface area (Å²) in [7, 11) is 0. The van der Waals surface area contributed by atoms with Crippen LogP contribution in [0.1, 0.15) is 44.6 Å². The van der Waals surface area contributed by atoms with Gasteiger partial charge in [0.2, 0.25) is 11.8 Å². The van der Waals surface area contributed by atoms with Gasteiger partial charge in [0.05, 0.1) is 0 Å². The first-order valence-corrected chi connectivity index (χ1v) is 13.7. The number of thiocarbonyl (C=S) groups is 1. The van der Waals surface area contributed by atoms with Crippen molar-refractivity contribution in [3.8, 4) is 11.6 Å². The third kappa shape index (κ3) is 6.39. The molecule has 2 fully saturated rings. The molecule has 9 heteroatoms. The van der Waals surface area contributed by atoms with Crippen LogP contribution in [0, 0.1) is 5.82 Å². The summed E-state index contributed by atoms with van der Waals surface area (Å²) in [4.78, 5) is 11.7. The molecule has 2 N–H and O–H groups in total. The molecule has 3 aromatic rings. The highest BCUT2D eigenvalue weighted by molar-refractivity contribution is 7.80. The van der Waals surface area contributed by atoms with E-state index in [2.05, 4.69) is 27.4 Å². The second-order valence-corrected chi connectivity index (χ2v) is 10.5. The minimum absolute atomic E-state index is 0.203. The second-order valence-electron chi connectivity index (χ2n) is 10.0. The second kappa shape index (κ2) is 12.0. The van der Waals surface area contributed by atoms with Crippen molar-refractivity contribution in [2.45, 2.75) is 50.5 Å². The number of aromatic nitrogens is 2. The highest BCUT2D eigenvalue weighted by Gasteiger charge is 2.34. The van der Waals surface area contributed by atoms with Crippen LogP contribution in [0.25, 0.3) is 0 Å². The third-order valence-electron chi connectivity index (χ3n) is 7.47. The van der Waals surface area contributed by atoms with Gasteiger partial charge in [0.15, 0.2) is 5.11 Å². The van der Waals surface area contributed by atoms with Gasteiger partial charge in [-0.25, -0.2) is 4.39 Å². The third-order valence-corrected chi connectivity index (χ3v) is 7.72. The molecule has 7 nitrogen and oxygen atoms in total. The topological polar surface area (TPSA) is 71.5 Å². The number of para-hydroxylation sites is 1. The molecule has 2 aliphatic heterocycles. The Labute approximate surface area is 228 Å². The van der Waals surface area contributed by atoms with Gasteiger partial charge in [-0.15, -0.1) is 0 Å². The van der Waals surface area contributed by atoms with Gasteiger partial charge in [-0.3, -0.25) is 0 Å². The SMILES string of the molecule is CC1CCCCN1c1cc(Oc2ccccc2)nc(NC(=S)NCC2(c3ccc(F)cc3)CCOCC2)n1. The van der Waals surface area contributed by atoms with E-state index in [1.165, 1.54) is 18.6 Å². The van der Waals surface area contributed by atoms with E-state index in [4.69, 9.17) is 26.7 Å². The minimum Gasteiger partial charge on any atom is -0.439 e. The number of rotatable bonds is 7. The molecule has 1 atom stereocenters. The highest BCUT2D eigenvalue weighted by Crippen LogP contribution is 2.34. The Morgan fingerprint density at radius 3 is 2.61 bits per heavy atom.